The number of anilines is 1. The summed E-state index contributed by atoms with van der Waals surface area (Å²) in [6.07, 6.45) is 1.31. The normalized spacial score (nSPS) is 9.62. The van der Waals surface area contributed by atoms with Crippen LogP contribution < -0.4 is 5.32 Å². The summed E-state index contributed by atoms with van der Waals surface area (Å²) in [4.78, 5) is 27.1. The van der Waals surface area contributed by atoms with E-state index in [0.29, 0.717) is 12.2 Å². The number of urea groups is 1. The molecule has 86 valence electrons. The van der Waals surface area contributed by atoms with Crippen LogP contribution in [0.5, 0.6) is 0 Å². The van der Waals surface area contributed by atoms with Gasteiger partial charge in [-0.3, -0.25) is 0 Å². The van der Waals surface area contributed by atoms with Crippen molar-refractivity contribution in [3.05, 3.63) is 24.0 Å². The summed E-state index contributed by atoms with van der Waals surface area (Å²) in [5.74, 6) is -1.09. The first kappa shape index (κ1) is 12.0. The second-order valence-electron chi connectivity index (χ2n) is 3.18. The second-order valence-corrected chi connectivity index (χ2v) is 3.18. The molecule has 0 saturated carbocycles. The topological polar surface area (TPSA) is 82.5 Å². The molecule has 0 aromatic carbocycles. The number of nitrogens with one attached hydrogen (secondary N) is 1. The third-order valence-electron chi connectivity index (χ3n) is 2.05. The van der Waals surface area contributed by atoms with Gasteiger partial charge >= 0.3 is 12.0 Å². The molecule has 2 amide bonds. The summed E-state index contributed by atoms with van der Waals surface area (Å²) in [5.41, 5.74) is 0.414. The Hall–Kier alpha value is -2.11. The SMILES string of the molecule is CCN(C)C(=O)Nc1ccc(C(=O)O)nc1. The number of carboxylic acid groups (broad SMARTS) is 1. The average Bonchev–Trinajstić information content (AvgIpc) is 2.28. The zero-order valence-electron chi connectivity index (χ0n) is 9.10. The molecule has 0 fully saturated rings. The second kappa shape index (κ2) is 5.11. The molecule has 0 unspecified atom stereocenters. The van der Waals surface area contributed by atoms with Crippen LogP contribution in [-0.2, 0) is 0 Å². The summed E-state index contributed by atoms with van der Waals surface area (Å²) in [6.45, 7) is 2.44. The van der Waals surface area contributed by atoms with Crippen molar-refractivity contribution in [1.29, 1.82) is 0 Å². The smallest absolute Gasteiger partial charge is 0.354 e. The van der Waals surface area contributed by atoms with Crippen LogP contribution in [0.4, 0.5) is 10.5 Å². The first-order valence-corrected chi connectivity index (χ1v) is 4.76. The number of hydrogen-bond donors (Lipinski definition) is 2. The van der Waals surface area contributed by atoms with Crippen molar-refractivity contribution in [2.75, 3.05) is 18.9 Å². The quantitative estimate of drug-likeness (QED) is 0.808. The van der Waals surface area contributed by atoms with Crippen molar-refractivity contribution in [2.45, 2.75) is 6.92 Å². The molecule has 0 radical (unpaired) electrons. The van der Waals surface area contributed by atoms with Gasteiger partial charge < -0.3 is 15.3 Å². The summed E-state index contributed by atoms with van der Waals surface area (Å²) in [7, 11) is 1.66. The molecule has 0 atom stereocenters. The zero-order valence-corrected chi connectivity index (χ0v) is 9.10. The van der Waals surface area contributed by atoms with Gasteiger partial charge in [0, 0.05) is 13.6 Å². The first-order valence-electron chi connectivity index (χ1n) is 4.76. The van der Waals surface area contributed by atoms with Crippen molar-refractivity contribution >= 4 is 17.7 Å². The van der Waals surface area contributed by atoms with E-state index in [0.717, 1.165) is 0 Å². The van der Waals surface area contributed by atoms with Crippen LogP contribution in [0, 0.1) is 0 Å². The third kappa shape index (κ3) is 2.94. The molecule has 16 heavy (non-hydrogen) atoms. The van der Waals surface area contributed by atoms with Crippen LogP contribution in [0.25, 0.3) is 0 Å². The number of rotatable bonds is 3. The highest BCUT2D eigenvalue weighted by Gasteiger charge is 2.08. The van der Waals surface area contributed by atoms with E-state index in [1.807, 2.05) is 6.92 Å². The Morgan fingerprint density at radius 1 is 1.50 bits per heavy atom. The van der Waals surface area contributed by atoms with E-state index in [1.165, 1.54) is 23.2 Å². The number of carbonyl (C=O) groups excluding carboxylic acids is 1. The predicted octanol–water partition coefficient (Wildman–Crippen LogP) is 1.26. The minimum Gasteiger partial charge on any atom is -0.477 e. The fourth-order valence-corrected chi connectivity index (χ4v) is 0.957. The lowest BCUT2D eigenvalue weighted by atomic mass is 10.3. The monoisotopic (exact) mass is 223 g/mol. The number of carbonyl (C=O) groups is 2. The fourth-order valence-electron chi connectivity index (χ4n) is 0.957. The largest absolute Gasteiger partial charge is 0.477 e. The lowest BCUT2D eigenvalue weighted by Crippen LogP contribution is -2.30. The van der Waals surface area contributed by atoms with Gasteiger partial charge in [-0.2, -0.15) is 0 Å². The van der Waals surface area contributed by atoms with Crippen LogP contribution in [-0.4, -0.2) is 40.6 Å². The van der Waals surface area contributed by atoms with E-state index in [1.54, 1.807) is 7.05 Å². The predicted molar refractivity (Wildman–Crippen MR) is 58.5 cm³/mol. The molecule has 1 aromatic heterocycles. The van der Waals surface area contributed by atoms with E-state index in [9.17, 15) is 9.59 Å². The lowest BCUT2D eigenvalue weighted by molar-refractivity contribution is 0.0690. The molecule has 6 nitrogen and oxygen atoms in total. The molecular weight excluding hydrogens is 210 g/mol. The van der Waals surface area contributed by atoms with E-state index in [4.69, 9.17) is 5.11 Å². The van der Waals surface area contributed by atoms with Crippen molar-refractivity contribution in [3.8, 4) is 0 Å². The number of aromatic nitrogens is 1. The van der Waals surface area contributed by atoms with Crippen LogP contribution in [0.15, 0.2) is 18.3 Å². The van der Waals surface area contributed by atoms with Gasteiger partial charge in [0.1, 0.15) is 5.69 Å². The maximum Gasteiger partial charge on any atom is 0.354 e. The molecule has 0 aliphatic carbocycles. The van der Waals surface area contributed by atoms with Crippen LogP contribution in [0.3, 0.4) is 0 Å². The van der Waals surface area contributed by atoms with Gasteiger partial charge in [0.25, 0.3) is 0 Å². The molecule has 0 spiro atoms. The Kier molecular flexibility index (Phi) is 3.82. The maximum absolute atomic E-state index is 11.4. The minimum absolute atomic E-state index is 0.0538. The van der Waals surface area contributed by atoms with Crippen molar-refractivity contribution in [2.24, 2.45) is 0 Å². The van der Waals surface area contributed by atoms with Gasteiger partial charge in [0.2, 0.25) is 0 Å². The molecule has 0 aliphatic heterocycles. The standard InChI is InChI=1S/C10H13N3O3/c1-3-13(2)10(16)12-7-4-5-8(9(14)15)11-6-7/h4-6H,3H2,1-2H3,(H,12,16)(H,14,15). The highest BCUT2D eigenvalue weighted by atomic mass is 16.4. The van der Waals surface area contributed by atoms with Crippen molar-refractivity contribution in [1.82, 2.24) is 9.88 Å². The average molecular weight is 223 g/mol. The van der Waals surface area contributed by atoms with Crippen LogP contribution in [0.2, 0.25) is 0 Å². The first-order chi connectivity index (χ1) is 7.54. The Bertz CT molecular complexity index is 389. The molecule has 1 heterocycles. The Morgan fingerprint density at radius 2 is 2.19 bits per heavy atom. The lowest BCUT2D eigenvalue weighted by Gasteiger charge is -2.15. The fraction of sp³-hybridized carbons (Fsp3) is 0.300. The van der Waals surface area contributed by atoms with Gasteiger partial charge in [0.15, 0.2) is 0 Å². The van der Waals surface area contributed by atoms with Gasteiger partial charge in [-0.05, 0) is 19.1 Å². The Labute approximate surface area is 92.9 Å². The number of aromatic carboxylic acids is 1. The van der Waals surface area contributed by atoms with E-state index in [-0.39, 0.29) is 11.7 Å². The minimum atomic E-state index is -1.09. The third-order valence-corrected chi connectivity index (χ3v) is 2.05. The number of pyridine rings is 1. The van der Waals surface area contributed by atoms with Crippen molar-refractivity contribution in [3.63, 3.8) is 0 Å². The van der Waals surface area contributed by atoms with Crippen LogP contribution >= 0.6 is 0 Å². The summed E-state index contributed by atoms with van der Waals surface area (Å²) in [5, 5.41) is 11.2. The molecule has 2 N–H and O–H groups in total. The zero-order chi connectivity index (χ0) is 12.1. The van der Waals surface area contributed by atoms with Gasteiger partial charge in [-0.15, -0.1) is 0 Å². The van der Waals surface area contributed by atoms with Crippen LogP contribution in [0.1, 0.15) is 17.4 Å². The summed E-state index contributed by atoms with van der Waals surface area (Å²) < 4.78 is 0. The Balaban J connectivity index is 2.69. The van der Waals surface area contributed by atoms with Gasteiger partial charge in [-0.25, -0.2) is 14.6 Å². The molecule has 6 heteroatoms. The highest BCUT2D eigenvalue weighted by Crippen LogP contribution is 2.06. The molecule has 1 rings (SSSR count). The van der Waals surface area contributed by atoms with E-state index < -0.39 is 5.97 Å². The maximum atomic E-state index is 11.4. The molecule has 1 aromatic rings. The molecule has 0 bridgehead atoms. The van der Waals surface area contributed by atoms with E-state index in [2.05, 4.69) is 10.3 Å². The summed E-state index contributed by atoms with van der Waals surface area (Å²) >= 11 is 0. The van der Waals surface area contributed by atoms with Gasteiger partial charge in [0.05, 0.1) is 11.9 Å². The molecule has 0 aliphatic rings. The number of hydrogen-bond acceptors (Lipinski definition) is 3. The summed E-state index contributed by atoms with van der Waals surface area (Å²) in [6, 6.07) is 2.58. The van der Waals surface area contributed by atoms with E-state index >= 15 is 0 Å². The molecule has 0 saturated heterocycles. The van der Waals surface area contributed by atoms with Gasteiger partial charge in [-0.1, -0.05) is 0 Å². The highest BCUT2D eigenvalue weighted by molar-refractivity contribution is 5.90. The van der Waals surface area contributed by atoms with Crippen molar-refractivity contribution < 1.29 is 14.7 Å². The number of carboxylic acids is 1. The number of amides is 2. The number of nitrogens with zero attached hydrogens (tertiary/aromatic N) is 2. The molecular formula is C10H13N3O3. The Morgan fingerprint density at radius 3 is 2.62 bits per heavy atom.